The summed E-state index contributed by atoms with van der Waals surface area (Å²) in [6, 6.07) is 5.17. The van der Waals surface area contributed by atoms with E-state index in [1.54, 1.807) is 11.8 Å². The molecule has 0 aromatic heterocycles. The predicted molar refractivity (Wildman–Crippen MR) is 98.8 cm³/mol. The minimum absolute atomic E-state index is 0.153. The molecular formula is C18H25N3O5S. The highest BCUT2D eigenvalue weighted by atomic mass is 32.2. The molecule has 9 heteroatoms. The molecule has 2 aliphatic rings. The monoisotopic (exact) mass is 395 g/mol. The Morgan fingerprint density at radius 2 is 1.63 bits per heavy atom. The molecule has 0 aliphatic carbocycles. The molecule has 1 N–H and O–H groups in total. The lowest BCUT2D eigenvalue weighted by molar-refractivity contribution is -0.136. The van der Waals surface area contributed by atoms with Gasteiger partial charge in [-0.2, -0.15) is 4.31 Å². The number of nitrogens with zero attached hydrogens (tertiary/aromatic N) is 2. The highest BCUT2D eigenvalue weighted by Crippen LogP contribution is 2.21. The van der Waals surface area contributed by atoms with Gasteiger partial charge in [-0.15, -0.1) is 0 Å². The maximum atomic E-state index is 12.5. The number of amides is 2. The average molecular weight is 395 g/mol. The van der Waals surface area contributed by atoms with Crippen LogP contribution in [0.5, 0.6) is 0 Å². The third-order valence-electron chi connectivity index (χ3n) is 4.86. The van der Waals surface area contributed by atoms with E-state index in [9.17, 15) is 18.0 Å². The Bertz CT molecular complexity index is 782. The normalized spacial score (nSPS) is 19.7. The summed E-state index contributed by atoms with van der Waals surface area (Å²) < 4.78 is 31.7. The highest BCUT2D eigenvalue weighted by Gasteiger charge is 2.28. The first-order chi connectivity index (χ1) is 12.9. The van der Waals surface area contributed by atoms with Gasteiger partial charge in [-0.05, 0) is 44.0 Å². The number of hydrogen-bond acceptors (Lipinski definition) is 5. The number of nitrogens with one attached hydrogen (secondary N) is 1. The number of benzene rings is 1. The second kappa shape index (κ2) is 8.37. The first-order valence-corrected chi connectivity index (χ1v) is 10.6. The van der Waals surface area contributed by atoms with Gasteiger partial charge in [0.05, 0.1) is 18.1 Å². The standard InChI is InChI=1S/C18H25N3O5S/c1-14(18(23)20-10-12-26-13-11-20)19-17(22)15-4-6-16(7-5-15)27(24,25)21-8-2-3-9-21/h4-7,14H,2-3,8-13H2,1H3,(H,19,22)/t14-/m0/s1. The van der Waals surface area contributed by atoms with Crippen molar-refractivity contribution in [2.24, 2.45) is 0 Å². The molecule has 2 fully saturated rings. The lowest BCUT2D eigenvalue weighted by Gasteiger charge is -2.29. The zero-order valence-electron chi connectivity index (χ0n) is 15.4. The first-order valence-electron chi connectivity index (χ1n) is 9.17. The van der Waals surface area contributed by atoms with Crippen molar-refractivity contribution in [2.75, 3.05) is 39.4 Å². The summed E-state index contributed by atoms with van der Waals surface area (Å²) in [5.74, 6) is -0.561. The molecule has 0 spiro atoms. The summed E-state index contributed by atoms with van der Waals surface area (Å²) in [4.78, 5) is 26.6. The lowest BCUT2D eigenvalue weighted by atomic mass is 10.2. The fourth-order valence-corrected chi connectivity index (χ4v) is 4.77. The lowest BCUT2D eigenvalue weighted by Crippen LogP contribution is -2.50. The Kier molecular flexibility index (Phi) is 6.13. The van der Waals surface area contributed by atoms with Crippen molar-refractivity contribution < 1.29 is 22.7 Å². The highest BCUT2D eigenvalue weighted by molar-refractivity contribution is 7.89. The van der Waals surface area contributed by atoms with Crippen molar-refractivity contribution in [2.45, 2.75) is 30.7 Å². The van der Waals surface area contributed by atoms with E-state index in [2.05, 4.69) is 5.32 Å². The van der Waals surface area contributed by atoms with Crippen molar-refractivity contribution in [3.63, 3.8) is 0 Å². The third-order valence-corrected chi connectivity index (χ3v) is 6.77. The van der Waals surface area contributed by atoms with Crippen molar-refractivity contribution in [3.05, 3.63) is 29.8 Å². The zero-order chi connectivity index (χ0) is 19.4. The maximum Gasteiger partial charge on any atom is 0.251 e. The van der Waals surface area contributed by atoms with Crippen molar-refractivity contribution in [3.8, 4) is 0 Å². The molecule has 3 rings (SSSR count). The fourth-order valence-electron chi connectivity index (χ4n) is 3.26. The van der Waals surface area contributed by atoms with E-state index in [4.69, 9.17) is 4.74 Å². The van der Waals surface area contributed by atoms with Gasteiger partial charge < -0.3 is 15.0 Å². The molecule has 148 valence electrons. The molecule has 0 bridgehead atoms. The van der Waals surface area contributed by atoms with Crippen molar-refractivity contribution >= 4 is 21.8 Å². The number of sulfonamides is 1. The van der Waals surface area contributed by atoms with Crippen molar-refractivity contribution in [1.29, 1.82) is 0 Å². The molecule has 1 aromatic carbocycles. The Morgan fingerprint density at radius 1 is 1.04 bits per heavy atom. The second-order valence-corrected chi connectivity index (χ2v) is 8.71. The average Bonchev–Trinajstić information content (AvgIpc) is 3.24. The van der Waals surface area contributed by atoms with Gasteiger partial charge >= 0.3 is 0 Å². The number of ether oxygens (including phenoxy) is 1. The van der Waals surface area contributed by atoms with Crippen LogP contribution < -0.4 is 5.32 Å². The Morgan fingerprint density at radius 3 is 2.22 bits per heavy atom. The zero-order valence-corrected chi connectivity index (χ0v) is 16.2. The summed E-state index contributed by atoms with van der Waals surface area (Å²) in [5, 5.41) is 2.68. The number of carbonyl (C=O) groups is 2. The SMILES string of the molecule is C[C@H](NC(=O)c1ccc(S(=O)(=O)N2CCCC2)cc1)C(=O)N1CCOCC1. The van der Waals surface area contributed by atoms with E-state index in [1.165, 1.54) is 28.6 Å². The summed E-state index contributed by atoms with van der Waals surface area (Å²) in [7, 11) is -3.50. The molecule has 0 radical (unpaired) electrons. The van der Waals surface area contributed by atoms with Crippen molar-refractivity contribution in [1.82, 2.24) is 14.5 Å². The van der Waals surface area contributed by atoms with Crippen LogP contribution in [0.15, 0.2) is 29.2 Å². The Labute approximate surface area is 159 Å². The van der Waals surface area contributed by atoms with Gasteiger partial charge in [0.15, 0.2) is 0 Å². The number of hydrogen-bond donors (Lipinski definition) is 1. The van der Waals surface area contributed by atoms with Crippen LogP contribution in [0.2, 0.25) is 0 Å². The largest absolute Gasteiger partial charge is 0.378 e. The van der Waals surface area contributed by atoms with Gasteiger partial charge in [0.2, 0.25) is 15.9 Å². The van der Waals surface area contributed by atoms with Crippen LogP contribution in [0.3, 0.4) is 0 Å². The van der Waals surface area contributed by atoms with E-state index in [-0.39, 0.29) is 10.8 Å². The molecular weight excluding hydrogens is 370 g/mol. The van der Waals surface area contributed by atoms with Crippen LogP contribution in [-0.4, -0.2) is 74.9 Å². The number of rotatable bonds is 5. The number of morpholine rings is 1. The number of carbonyl (C=O) groups excluding carboxylic acids is 2. The van der Waals surface area contributed by atoms with Gasteiger partial charge in [-0.25, -0.2) is 8.42 Å². The molecule has 2 saturated heterocycles. The van der Waals surface area contributed by atoms with Crippen LogP contribution in [0.25, 0.3) is 0 Å². The fraction of sp³-hybridized carbons (Fsp3) is 0.556. The van der Waals surface area contributed by atoms with Gasteiger partial charge in [-0.3, -0.25) is 9.59 Å². The molecule has 1 aromatic rings. The molecule has 27 heavy (non-hydrogen) atoms. The molecule has 1 atom stereocenters. The van der Waals surface area contributed by atoms with E-state index in [0.717, 1.165) is 12.8 Å². The third kappa shape index (κ3) is 4.48. The van der Waals surface area contributed by atoms with E-state index < -0.39 is 22.0 Å². The summed E-state index contributed by atoms with van der Waals surface area (Å²) >= 11 is 0. The van der Waals surface area contributed by atoms with Crippen LogP contribution in [0.4, 0.5) is 0 Å². The van der Waals surface area contributed by atoms with Gasteiger partial charge in [0, 0.05) is 31.7 Å². The molecule has 2 heterocycles. The molecule has 0 saturated carbocycles. The molecule has 2 amide bonds. The maximum absolute atomic E-state index is 12.5. The Hall–Kier alpha value is -1.97. The van der Waals surface area contributed by atoms with Crippen LogP contribution in [0.1, 0.15) is 30.1 Å². The first kappa shape index (κ1) is 19.8. The molecule has 0 unspecified atom stereocenters. The quantitative estimate of drug-likeness (QED) is 0.781. The van der Waals surface area contributed by atoms with Gasteiger partial charge in [0.1, 0.15) is 6.04 Å². The summed E-state index contributed by atoms with van der Waals surface area (Å²) in [6.45, 7) is 4.74. The summed E-state index contributed by atoms with van der Waals surface area (Å²) in [5.41, 5.74) is 0.317. The minimum Gasteiger partial charge on any atom is -0.378 e. The second-order valence-electron chi connectivity index (χ2n) is 6.77. The van der Waals surface area contributed by atoms with Crippen LogP contribution >= 0.6 is 0 Å². The smallest absolute Gasteiger partial charge is 0.251 e. The molecule has 8 nitrogen and oxygen atoms in total. The van der Waals surface area contributed by atoms with E-state index in [1.807, 2.05) is 0 Å². The van der Waals surface area contributed by atoms with Crippen LogP contribution in [0, 0.1) is 0 Å². The van der Waals surface area contributed by atoms with E-state index in [0.29, 0.717) is 45.0 Å². The minimum atomic E-state index is -3.50. The van der Waals surface area contributed by atoms with Crippen LogP contribution in [-0.2, 0) is 19.6 Å². The summed E-state index contributed by atoms with van der Waals surface area (Å²) in [6.07, 6.45) is 1.74. The topological polar surface area (TPSA) is 96.0 Å². The van der Waals surface area contributed by atoms with Gasteiger partial charge in [0.25, 0.3) is 5.91 Å². The molecule has 2 aliphatic heterocycles. The Balaban J connectivity index is 1.62. The predicted octanol–water partition coefficient (Wildman–Crippen LogP) is 0.448. The van der Waals surface area contributed by atoms with Gasteiger partial charge in [-0.1, -0.05) is 0 Å². The van der Waals surface area contributed by atoms with E-state index >= 15 is 0 Å².